The Balaban J connectivity index is 1.90. The standard InChI is InChI=1S/C14H19N5O2/c1-14(2,13(20)21)10-4-3-6-18(8-10)11-12-17-16-9-19(12)7-5-15-11/h5,7,9-10H,3-4,6,8H2,1-2H3,(H,20,21). The number of piperidine rings is 1. The van der Waals surface area contributed by atoms with Crippen LogP contribution in [-0.2, 0) is 4.79 Å². The van der Waals surface area contributed by atoms with Gasteiger partial charge in [0, 0.05) is 25.5 Å². The van der Waals surface area contributed by atoms with Gasteiger partial charge < -0.3 is 10.0 Å². The van der Waals surface area contributed by atoms with Crippen molar-refractivity contribution in [3.63, 3.8) is 0 Å². The minimum absolute atomic E-state index is 0.0914. The zero-order chi connectivity index (χ0) is 15.0. The number of aromatic nitrogens is 4. The summed E-state index contributed by atoms with van der Waals surface area (Å²) in [7, 11) is 0. The first-order chi connectivity index (χ1) is 10.00. The first kappa shape index (κ1) is 13.8. The molecule has 0 spiro atoms. The molecule has 7 heteroatoms. The van der Waals surface area contributed by atoms with Crippen LogP contribution in [0.15, 0.2) is 18.7 Å². The van der Waals surface area contributed by atoms with Crippen molar-refractivity contribution in [3.8, 4) is 0 Å². The largest absolute Gasteiger partial charge is 0.481 e. The van der Waals surface area contributed by atoms with Gasteiger partial charge in [-0.2, -0.15) is 0 Å². The van der Waals surface area contributed by atoms with Gasteiger partial charge in [0.15, 0.2) is 5.82 Å². The molecular weight excluding hydrogens is 270 g/mol. The number of rotatable bonds is 3. The van der Waals surface area contributed by atoms with Crippen molar-refractivity contribution in [2.75, 3.05) is 18.0 Å². The number of fused-ring (bicyclic) bond motifs is 1. The summed E-state index contributed by atoms with van der Waals surface area (Å²) in [6.07, 6.45) is 7.05. The zero-order valence-electron chi connectivity index (χ0n) is 12.2. The van der Waals surface area contributed by atoms with Crippen molar-refractivity contribution in [1.29, 1.82) is 0 Å². The molecule has 3 rings (SSSR count). The summed E-state index contributed by atoms with van der Waals surface area (Å²) in [5.41, 5.74) is -0.0245. The smallest absolute Gasteiger partial charge is 0.309 e. The average molecular weight is 289 g/mol. The molecule has 7 nitrogen and oxygen atoms in total. The number of carboxylic acid groups (broad SMARTS) is 1. The molecule has 2 aromatic rings. The van der Waals surface area contributed by atoms with Crippen LogP contribution in [0, 0.1) is 11.3 Å². The number of aliphatic carboxylic acids is 1. The average Bonchev–Trinajstić information content (AvgIpc) is 2.95. The fourth-order valence-electron chi connectivity index (χ4n) is 2.90. The molecule has 1 atom stereocenters. The van der Waals surface area contributed by atoms with Gasteiger partial charge in [0.25, 0.3) is 0 Å². The van der Waals surface area contributed by atoms with Crippen molar-refractivity contribution < 1.29 is 9.90 Å². The molecule has 1 unspecified atom stereocenters. The first-order valence-corrected chi connectivity index (χ1v) is 7.13. The van der Waals surface area contributed by atoms with Gasteiger partial charge in [0.05, 0.1) is 5.41 Å². The van der Waals surface area contributed by atoms with Crippen molar-refractivity contribution >= 4 is 17.4 Å². The molecule has 1 aliphatic heterocycles. The van der Waals surface area contributed by atoms with Crippen LogP contribution in [0.25, 0.3) is 5.65 Å². The van der Waals surface area contributed by atoms with E-state index in [1.165, 1.54) is 0 Å². The lowest BCUT2D eigenvalue weighted by Gasteiger charge is -2.39. The van der Waals surface area contributed by atoms with E-state index < -0.39 is 11.4 Å². The van der Waals surface area contributed by atoms with Gasteiger partial charge in [0.1, 0.15) is 6.33 Å². The normalized spacial score (nSPS) is 19.9. The molecule has 0 bridgehead atoms. The highest BCUT2D eigenvalue weighted by Crippen LogP contribution is 2.35. The number of hydrogen-bond acceptors (Lipinski definition) is 5. The Labute approximate surface area is 122 Å². The van der Waals surface area contributed by atoms with E-state index in [0.717, 1.165) is 25.2 Å². The fraction of sp³-hybridized carbons (Fsp3) is 0.571. The Hall–Kier alpha value is -2.18. The second-order valence-electron chi connectivity index (χ2n) is 6.12. The third-order valence-electron chi connectivity index (χ3n) is 4.49. The summed E-state index contributed by atoms with van der Waals surface area (Å²) in [5.74, 6) is 0.123. The highest BCUT2D eigenvalue weighted by molar-refractivity contribution is 5.74. The molecule has 1 aliphatic rings. The highest BCUT2D eigenvalue weighted by atomic mass is 16.4. The molecule has 0 aromatic carbocycles. The number of anilines is 1. The Morgan fingerprint density at radius 1 is 1.48 bits per heavy atom. The van der Waals surface area contributed by atoms with Gasteiger partial charge in [-0.1, -0.05) is 0 Å². The summed E-state index contributed by atoms with van der Waals surface area (Å²) in [5, 5.41) is 17.4. The van der Waals surface area contributed by atoms with Gasteiger partial charge in [-0.15, -0.1) is 10.2 Å². The topological polar surface area (TPSA) is 83.6 Å². The van der Waals surface area contributed by atoms with Crippen LogP contribution < -0.4 is 4.90 Å². The van der Waals surface area contributed by atoms with Crippen molar-refractivity contribution in [2.24, 2.45) is 11.3 Å². The molecule has 1 saturated heterocycles. The minimum atomic E-state index is -0.747. The molecule has 1 fully saturated rings. The monoisotopic (exact) mass is 289 g/mol. The maximum atomic E-state index is 11.5. The number of hydrogen-bond donors (Lipinski definition) is 1. The summed E-state index contributed by atoms with van der Waals surface area (Å²) in [6, 6.07) is 0. The highest BCUT2D eigenvalue weighted by Gasteiger charge is 2.39. The third-order valence-corrected chi connectivity index (χ3v) is 4.49. The van der Waals surface area contributed by atoms with E-state index in [1.54, 1.807) is 32.6 Å². The second-order valence-corrected chi connectivity index (χ2v) is 6.12. The number of carbonyl (C=O) groups is 1. The Bertz CT molecular complexity index is 666. The molecule has 3 heterocycles. The molecule has 112 valence electrons. The molecule has 0 amide bonds. The van der Waals surface area contributed by atoms with Crippen LogP contribution in [0.2, 0.25) is 0 Å². The lowest BCUT2D eigenvalue weighted by Crippen LogP contribution is -2.45. The summed E-state index contributed by atoms with van der Waals surface area (Å²) >= 11 is 0. The molecule has 21 heavy (non-hydrogen) atoms. The quantitative estimate of drug-likeness (QED) is 0.920. The SMILES string of the molecule is CC(C)(C(=O)O)C1CCCN(c2nccn3cnnc23)C1. The van der Waals surface area contributed by atoms with E-state index in [4.69, 9.17) is 0 Å². The predicted molar refractivity (Wildman–Crippen MR) is 77.1 cm³/mol. The van der Waals surface area contributed by atoms with Crippen molar-refractivity contribution in [1.82, 2.24) is 19.6 Å². The van der Waals surface area contributed by atoms with E-state index >= 15 is 0 Å². The number of carboxylic acids is 1. The Kier molecular flexibility index (Phi) is 3.27. The molecular formula is C14H19N5O2. The van der Waals surface area contributed by atoms with E-state index in [1.807, 2.05) is 4.40 Å². The van der Waals surface area contributed by atoms with Crippen molar-refractivity contribution in [2.45, 2.75) is 26.7 Å². The zero-order valence-corrected chi connectivity index (χ0v) is 12.2. The van der Waals surface area contributed by atoms with Crippen LogP contribution in [0.5, 0.6) is 0 Å². The summed E-state index contributed by atoms with van der Waals surface area (Å²) < 4.78 is 1.83. The fourth-order valence-corrected chi connectivity index (χ4v) is 2.90. The van der Waals surface area contributed by atoms with E-state index in [9.17, 15) is 9.90 Å². The van der Waals surface area contributed by atoms with E-state index in [0.29, 0.717) is 12.2 Å². The van der Waals surface area contributed by atoms with Gasteiger partial charge in [-0.3, -0.25) is 9.20 Å². The molecule has 1 N–H and O–H groups in total. The van der Waals surface area contributed by atoms with Gasteiger partial charge >= 0.3 is 5.97 Å². The maximum Gasteiger partial charge on any atom is 0.309 e. The van der Waals surface area contributed by atoms with Crippen LogP contribution in [0.3, 0.4) is 0 Å². The lowest BCUT2D eigenvalue weighted by molar-refractivity contribution is -0.150. The van der Waals surface area contributed by atoms with Crippen LogP contribution in [-0.4, -0.2) is 43.7 Å². The summed E-state index contributed by atoms with van der Waals surface area (Å²) in [6.45, 7) is 5.15. The van der Waals surface area contributed by atoms with Crippen LogP contribution in [0.1, 0.15) is 26.7 Å². The van der Waals surface area contributed by atoms with E-state index in [2.05, 4.69) is 20.1 Å². The Morgan fingerprint density at radius 3 is 3.05 bits per heavy atom. The van der Waals surface area contributed by atoms with Crippen molar-refractivity contribution in [3.05, 3.63) is 18.7 Å². The third kappa shape index (κ3) is 2.32. The summed E-state index contributed by atoms with van der Waals surface area (Å²) in [4.78, 5) is 18.0. The van der Waals surface area contributed by atoms with Crippen LogP contribution in [0.4, 0.5) is 5.82 Å². The molecule has 2 aromatic heterocycles. The lowest BCUT2D eigenvalue weighted by atomic mass is 9.74. The number of nitrogens with zero attached hydrogens (tertiary/aromatic N) is 5. The first-order valence-electron chi connectivity index (χ1n) is 7.13. The second kappa shape index (κ2) is 4.98. The predicted octanol–water partition coefficient (Wildman–Crippen LogP) is 1.45. The molecule has 0 saturated carbocycles. The minimum Gasteiger partial charge on any atom is -0.481 e. The molecule has 0 radical (unpaired) electrons. The molecule has 0 aliphatic carbocycles. The van der Waals surface area contributed by atoms with Gasteiger partial charge in [-0.05, 0) is 32.6 Å². The van der Waals surface area contributed by atoms with Crippen LogP contribution >= 0.6 is 0 Å². The van der Waals surface area contributed by atoms with Gasteiger partial charge in [-0.25, -0.2) is 4.98 Å². The Morgan fingerprint density at radius 2 is 2.29 bits per heavy atom. The van der Waals surface area contributed by atoms with Gasteiger partial charge in [0.2, 0.25) is 5.65 Å². The maximum absolute atomic E-state index is 11.5. The van der Waals surface area contributed by atoms with E-state index in [-0.39, 0.29) is 5.92 Å².